The van der Waals surface area contributed by atoms with E-state index in [1.54, 1.807) is 0 Å². The van der Waals surface area contributed by atoms with Crippen LogP contribution in [0.25, 0.3) is 0 Å². The molecule has 1 atom stereocenters. The Labute approximate surface area is 91.3 Å². The van der Waals surface area contributed by atoms with E-state index in [0.29, 0.717) is 0 Å². The molecule has 4 heteroatoms. The van der Waals surface area contributed by atoms with Crippen LogP contribution in [0, 0.1) is 0 Å². The number of hydrogen-bond donors (Lipinski definition) is 2. The summed E-state index contributed by atoms with van der Waals surface area (Å²) in [5.74, 6) is 0. The van der Waals surface area contributed by atoms with Gasteiger partial charge in [0.2, 0.25) is 0 Å². The van der Waals surface area contributed by atoms with Crippen molar-refractivity contribution in [2.24, 2.45) is 7.05 Å². The normalized spacial score (nSPS) is 13.1. The maximum Gasteiger partial charge on any atom is 0.0670 e. The predicted molar refractivity (Wildman–Crippen MR) is 60.7 cm³/mol. The Kier molecular flexibility index (Phi) is 4.78. The van der Waals surface area contributed by atoms with Crippen LogP contribution in [0.3, 0.4) is 0 Å². The van der Waals surface area contributed by atoms with Crippen LogP contribution in [0.4, 0.5) is 0 Å². The highest BCUT2D eigenvalue weighted by Gasteiger charge is 2.15. The van der Waals surface area contributed by atoms with Gasteiger partial charge in [-0.3, -0.25) is 4.68 Å². The summed E-state index contributed by atoms with van der Waals surface area (Å²) in [6, 6.07) is 0.0219. The van der Waals surface area contributed by atoms with Crippen molar-refractivity contribution in [2.45, 2.75) is 32.7 Å². The van der Waals surface area contributed by atoms with Crippen LogP contribution in [0.5, 0.6) is 0 Å². The molecule has 0 aromatic carbocycles. The Morgan fingerprint density at radius 3 is 2.80 bits per heavy atom. The quantitative estimate of drug-likeness (QED) is 0.738. The van der Waals surface area contributed by atoms with Crippen molar-refractivity contribution in [1.82, 2.24) is 15.1 Å². The number of aliphatic hydroxyl groups excluding tert-OH is 1. The Hall–Kier alpha value is -0.870. The molecule has 1 aromatic rings. The molecule has 0 fully saturated rings. The Balaban J connectivity index is 2.80. The van der Waals surface area contributed by atoms with E-state index in [1.165, 1.54) is 0 Å². The van der Waals surface area contributed by atoms with Crippen LogP contribution in [0.2, 0.25) is 0 Å². The third-order valence-corrected chi connectivity index (χ3v) is 2.47. The van der Waals surface area contributed by atoms with Gasteiger partial charge in [0.1, 0.15) is 0 Å². The van der Waals surface area contributed by atoms with Gasteiger partial charge >= 0.3 is 0 Å². The summed E-state index contributed by atoms with van der Waals surface area (Å²) in [5, 5.41) is 17.0. The first-order valence-corrected chi connectivity index (χ1v) is 5.59. The molecule has 15 heavy (non-hydrogen) atoms. The van der Waals surface area contributed by atoms with Crippen molar-refractivity contribution in [3.05, 3.63) is 17.5 Å². The lowest BCUT2D eigenvalue weighted by molar-refractivity contribution is 0.244. The second kappa shape index (κ2) is 5.88. The highest BCUT2D eigenvalue weighted by Crippen LogP contribution is 2.16. The van der Waals surface area contributed by atoms with Crippen LogP contribution in [-0.2, 0) is 13.5 Å². The maximum absolute atomic E-state index is 9.34. The number of rotatable bonds is 6. The first-order chi connectivity index (χ1) is 7.22. The molecule has 0 aliphatic carbocycles. The minimum absolute atomic E-state index is 0.0219. The lowest BCUT2D eigenvalue weighted by Gasteiger charge is -2.15. The van der Waals surface area contributed by atoms with Gasteiger partial charge in [0.25, 0.3) is 0 Å². The van der Waals surface area contributed by atoms with Crippen molar-refractivity contribution >= 4 is 0 Å². The third-order valence-electron chi connectivity index (χ3n) is 2.47. The van der Waals surface area contributed by atoms with E-state index in [0.717, 1.165) is 30.6 Å². The van der Waals surface area contributed by atoms with Crippen molar-refractivity contribution < 1.29 is 5.11 Å². The number of aliphatic hydroxyl groups is 1. The fourth-order valence-electron chi connectivity index (χ4n) is 1.71. The van der Waals surface area contributed by atoms with Crippen LogP contribution in [-0.4, -0.2) is 28.0 Å². The molecule has 0 radical (unpaired) electrons. The number of hydrogen-bond acceptors (Lipinski definition) is 3. The first kappa shape index (κ1) is 12.2. The van der Waals surface area contributed by atoms with Crippen LogP contribution in [0.1, 0.15) is 37.6 Å². The Bertz CT molecular complexity index is 296. The summed E-state index contributed by atoms with van der Waals surface area (Å²) in [7, 11) is 1.91. The molecular weight excluding hydrogens is 190 g/mol. The summed E-state index contributed by atoms with van der Waals surface area (Å²) >= 11 is 0. The van der Waals surface area contributed by atoms with Gasteiger partial charge in [-0.15, -0.1) is 0 Å². The van der Waals surface area contributed by atoms with E-state index in [2.05, 4.69) is 24.3 Å². The van der Waals surface area contributed by atoms with E-state index >= 15 is 0 Å². The molecule has 0 aliphatic heterocycles. The van der Waals surface area contributed by atoms with Gasteiger partial charge in [0.15, 0.2) is 0 Å². The zero-order valence-electron chi connectivity index (χ0n) is 9.82. The maximum atomic E-state index is 9.34. The largest absolute Gasteiger partial charge is 0.394 e. The van der Waals surface area contributed by atoms with E-state index < -0.39 is 0 Å². The monoisotopic (exact) mass is 211 g/mol. The molecule has 0 saturated heterocycles. The van der Waals surface area contributed by atoms with Crippen LogP contribution < -0.4 is 5.32 Å². The fourth-order valence-corrected chi connectivity index (χ4v) is 1.71. The zero-order valence-corrected chi connectivity index (χ0v) is 9.82. The summed E-state index contributed by atoms with van der Waals surface area (Å²) in [5.41, 5.74) is 2.19. The van der Waals surface area contributed by atoms with E-state index in [1.807, 2.05) is 17.9 Å². The number of nitrogens with zero attached hydrogens (tertiary/aromatic N) is 2. The smallest absolute Gasteiger partial charge is 0.0670 e. The highest BCUT2D eigenvalue weighted by atomic mass is 16.3. The highest BCUT2D eigenvalue weighted by molar-refractivity contribution is 5.21. The summed E-state index contributed by atoms with van der Waals surface area (Å²) < 4.78 is 1.81. The van der Waals surface area contributed by atoms with Gasteiger partial charge in [-0.05, 0) is 19.4 Å². The molecule has 0 aliphatic rings. The topological polar surface area (TPSA) is 50.1 Å². The molecule has 0 spiro atoms. The van der Waals surface area contributed by atoms with Crippen molar-refractivity contribution in [3.8, 4) is 0 Å². The number of nitrogens with one attached hydrogen (secondary N) is 1. The van der Waals surface area contributed by atoms with Crippen molar-refractivity contribution in [2.75, 3.05) is 13.2 Å². The van der Waals surface area contributed by atoms with Crippen LogP contribution >= 0.6 is 0 Å². The number of aryl methyl sites for hydroxylation is 2. The van der Waals surface area contributed by atoms with E-state index in [4.69, 9.17) is 0 Å². The molecule has 4 nitrogen and oxygen atoms in total. The standard InChI is InChI=1S/C11H21N3O/c1-4-6-12-11(8-15)9-7-14(3)13-10(9)5-2/h7,11-12,15H,4-6,8H2,1-3H3. The van der Waals surface area contributed by atoms with Gasteiger partial charge in [0, 0.05) is 18.8 Å². The fraction of sp³-hybridized carbons (Fsp3) is 0.727. The van der Waals surface area contributed by atoms with Gasteiger partial charge in [0.05, 0.1) is 18.3 Å². The van der Waals surface area contributed by atoms with Gasteiger partial charge < -0.3 is 10.4 Å². The Morgan fingerprint density at radius 1 is 1.53 bits per heavy atom. The summed E-state index contributed by atoms with van der Waals surface area (Å²) in [4.78, 5) is 0. The molecule has 1 heterocycles. The molecule has 2 N–H and O–H groups in total. The molecule has 0 saturated carbocycles. The zero-order chi connectivity index (χ0) is 11.3. The van der Waals surface area contributed by atoms with Gasteiger partial charge in [-0.1, -0.05) is 13.8 Å². The van der Waals surface area contributed by atoms with E-state index in [9.17, 15) is 5.11 Å². The Morgan fingerprint density at radius 2 is 2.27 bits per heavy atom. The van der Waals surface area contributed by atoms with Crippen molar-refractivity contribution in [1.29, 1.82) is 0 Å². The molecular formula is C11H21N3O. The molecule has 0 bridgehead atoms. The molecule has 1 unspecified atom stereocenters. The molecule has 1 rings (SSSR count). The predicted octanol–water partition coefficient (Wildman–Crippen LogP) is 1.02. The third kappa shape index (κ3) is 3.04. The van der Waals surface area contributed by atoms with Gasteiger partial charge in [-0.25, -0.2) is 0 Å². The second-order valence-electron chi connectivity index (χ2n) is 3.75. The number of aromatic nitrogens is 2. The van der Waals surface area contributed by atoms with Crippen molar-refractivity contribution in [3.63, 3.8) is 0 Å². The molecule has 86 valence electrons. The SMILES string of the molecule is CCCNC(CO)c1cn(C)nc1CC. The second-order valence-corrected chi connectivity index (χ2v) is 3.75. The van der Waals surface area contributed by atoms with E-state index in [-0.39, 0.29) is 12.6 Å². The first-order valence-electron chi connectivity index (χ1n) is 5.59. The molecule has 0 amide bonds. The minimum atomic E-state index is 0.0219. The minimum Gasteiger partial charge on any atom is -0.394 e. The lowest BCUT2D eigenvalue weighted by atomic mass is 10.1. The lowest BCUT2D eigenvalue weighted by Crippen LogP contribution is -2.25. The molecule has 1 aromatic heterocycles. The average Bonchev–Trinajstić information content (AvgIpc) is 2.61. The van der Waals surface area contributed by atoms with Crippen LogP contribution in [0.15, 0.2) is 6.20 Å². The average molecular weight is 211 g/mol. The summed E-state index contributed by atoms with van der Waals surface area (Å²) in [6.45, 7) is 5.24. The summed E-state index contributed by atoms with van der Waals surface area (Å²) in [6.07, 6.45) is 3.96. The van der Waals surface area contributed by atoms with Gasteiger partial charge in [-0.2, -0.15) is 5.10 Å².